The second-order valence-electron chi connectivity index (χ2n) is 2.08. The van der Waals surface area contributed by atoms with Crippen molar-refractivity contribution >= 4 is 11.7 Å². The molecular formula is C7H7NO3. The minimum absolute atomic E-state index is 0.153. The van der Waals surface area contributed by atoms with Crippen LogP contribution in [0, 0.1) is 5.92 Å². The van der Waals surface area contributed by atoms with E-state index in [9.17, 15) is 4.79 Å². The molecule has 0 spiro atoms. The summed E-state index contributed by atoms with van der Waals surface area (Å²) in [5.41, 5.74) is 0.153. The number of hydrogen-bond donors (Lipinski definition) is 2. The molecule has 0 bridgehead atoms. The maximum atomic E-state index is 10.4. The molecule has 0 saturated carbocycles. The van der Waals surface area contributed by atoms with Gasteiger partial charge in [-0.25, -0.2) is 0 Å². The number of allylic oxidation sites excluding steroid dienone is 3. The van der Waals surface area contributed by atoms with E-state index >= 15 is 0 Å². The molecular weight excluding hydrogens is 146 g/mol. The van der Waals surface area contributed by atoms with Crippen molar-refractivity contribution < 1.29 is 15.1 Å². The lowest BCUT2D eigenvalue weighted by molar-refractivity contribution is -0.138. The zero-order valence-corrected chi connectivity index (χ0v) is 5.64. The molecule has 1 rings (SSSR count). The summed E-state index contributed by atoms with van der Waals surface area (Å²) in [7, 11) is 0. The SMILES string of the molecule is O=C(O)C1C=CC=CC1=NO. The van der Waals surface area contributed by atoms with Crippen LogP contribution in [-0.2, 0) is 4.79 Å². The van der Waals surface area contributed by atoms with Crippen molar-refractivity contribution in [3.05, 3.63) is 24.3 Å². The second-order valence-corrected chi connectivity index (χ2v) is 2.08. The van der Waals surface area contributed by atoms with Gasteiger partial charge in [0.1, 0.15) is 5.92 Å². The van der Waals surface area contributed by atoms with E-state index in [0.29, 0.717) is 0 Å². The van der Waals surface area contributed by atoms with Crippen LogP contribution in [0.4, 0.5) is 0 Å². The molecule has 1 aliphatic rings. The van der Waals surface area contributed by atoms with Crippen LogP contribution in [0.1, 0.15) is 0 Å². The Morgan fingerprint density at radius 3 is 2.73 bits per heavy atom. The van der Waals surface area contributed by atoms with E-state index in [1.807, 2.05) is 0 Å². The van der Waals surface area contributed by atoms with Crippen LogP contribution in [0.15, 0.2) is 29.5 Å². The fraction of sp³-hybridized carbons (Fsp3) is 0.143. The average molecular weight is 153 g/mol. The van der Waals surface area contributed by atoms with Crippen molar-refractivity contribution in [2.45, 2.75) is 0 Å². The topological polar surface area (TPSA) is 69.9 Å². The largest absolute Gasteiger partial charge is 0.481 e. The van der Waals surface area contributed by atoms with Gasteiger partial charge in [0, 0.05) is 0 Å². The van der Waals surface area contributed by atoms with Gasteiger partial charge in [0.05, 0.1) is 5.71 Å². The van der Waals surface area contributed by atoms with Crippen LogP contribution >= 0.6 is 0 Å². The van der Waals surface area contributed by atoms with Crippen molar-refractivity contribution in [3.8, 4) is 0 Å². The molecule has 58 valence electrons. The smallest absolute Gasteiger partial charge is 0.316 e. The van der Waals surface area contributed by atoms with Gasteiger partial charge in [0.15, 0.2) is 0 Å². The Labute approximate surface area is 63.1 Å². The fourth-order valence-electron chi connectivity index (χ4n) is 0.836. The van der Waals surface area contributed by atoms with Gasteiger partial charge in [-0.2, -0.15) is 0 Å². The Bertz CT molecular complexity index is 252. The maximum Gasteiger partial charge on any atom is 0.316 e. The van der Waals surface area contributed by atoms with Crippen LogP contribution < -0.4 is 0 Å². The Kier molecular flexibility index (Phi) is 2.06. The van der Waals surface area contributed by atoms with Gasteiger partial charge in [0.25, 0.3) is 0 Å². The van der Waals surface area contributed by atoms with E-state index in [-0.39, 0.29) is 5.71 Å². The van der Waals surface area contributed by atoms with Crippen LogP contribution in [-0.4, -0.2) is 22.0 Å². The summed E-state index contributed by atoms with van der Waals surface area (Å²) in [6.07, 6.45) is 6.14. The van der Waals surface area contributed by atoms with Crippen molar-refractivity contribution in [1.82, 2.24) is 0 Å². The number of nitrogens with zero attached hydrogens (tertiary/aromatic N) is 1. The third-order valence-electron chi connectivity index (χ3n) is 1.38. The maximum absolute atomic E-state index is 10.4. The molecule has 0 aromatic rings. The first kappa shape index (κ1) is 7.53. The standard InChI is InChI=1S/C7H7NO3/c9-7(10)5-3-1-2-4-6(5)8-11/h1-5,11H,(H,9,10). The summed E-state index contributed by atoms with van der Waals surface area (Å²) in [6.45, 7) is 0. The number of oxime groups is 1. The predicted octanol–water partition coefficient (Wildman–Crippen LogP) is 0.643. The average Bonchev–Trinajstić information content (AvgIpc) is 2.04. The van der Waals surface area contributed by atoms with E-state index in [4.69, 9.17) is 10.3 Å². The molecule has 0 heterocycles. The molecule has 2 N–H and O–H groups in total. The molecule has 0 aromatic carbocycles. The van der Waals surface area contributed by atoms with Crippen molar-refractivity contribution in [3.63, 3.8) is 0 Å². The Morgan fingerprint density at radius 2 is 2.27 bits per heavy atom. The Hall–Kier alpha value is -1.58. The first-order chi connectivity index (χ1) is 5.25. The highest BCUT2D eigenvalue weighted by Gasteiger charge is 2.20. The molecule has 11 heavy (non-hydrogen) atoms. The van der Waals surface area contributed by atoms with Crippen LogP contribution in [0.5, 0.6) is 0 Å². The number of rotatable bonds is 1. The third kappa shape index (κ3) is 1.46. The Balaban J connectivity index is 2.88. The monoisotopic (exact) mass is 153 g/mol. The summed E-state index contributed by atoms with van der Waals surface area (Å²) in [5.74, 6) is -1.83. The molecule has 4 heteroatoms. The first-order valence-corrected chi connectivity index (χ1v) is 3.05. The van der Waals surface area contributed by atoms with Crippen molar-refractivity contribution in [1.29, 1.82) is 0 Å². The van der Waals surface area contributed by atoms with Gasteiger partial charge in [-0.1, -0.05) is 23.4 Å². The molecule has 0 saturated heterocycles. The fourth-order valence-corrected chi connectivity index (χ4v) is 0.836. The highest BCUT2D eigenvalue weighted by atomic mass is 16.4. The van der Waals surface area contributed by atoms with Gasteiger partial charge in [-0.15, -0.1) is 0 Å². The van der Waals surface area contributed by atoms with Crippen molar-refractivity contribution in [2.24, 2.45) is 11.1 Å². The second kappa shape index (κ2) is 3.01. The van der Waals surface area contributed by atoms with E-state index in [0.717, 1.165) is 0 Å². The molecule has 1 unspecified atom stereocenters. The van der Waals surface area contributed by atoms with Gasteiger partial charge in [-0.05, 0) is 6.08 Å². The zero-order valence-electron chi connectivity index (χ0n) is 5.64. The van der Waals surface area contributed by atoms with Crippen molar-refractivity contribution in [2.75, 3.05) is 0 Å². The van der Waals surface area contributed by atoms with E-state index < -0.39 is 11.9 Å². The number of aliphatic carboxylic acids is 1. The van der Waals surface area contributed by atoms with Gasteiger partial charge in [-0.3, -0.25) is 4.79 Å². The summed E-state index contributed by atoms with van der Waals surface area (Å²) in [5, 5.41) is 19.8. The van der Waals surface area contributed by atoms with Gasteiger partial charge >= 0.3 is 5.97 Å². The summed E-state index contributed by atoms with van der Waals surface area (Å²) in [4.78, 5) is 10.4. The summed E-state index contributed by atoms with van der Waals surface area (Å²) in [6, 6.07) is 0. The molecule has 0 fully saturated rings. The highest BCUT2D eigenvalue weighted by molar-refractivity contribution is 6.10. The Morgan fingerprint density at radius 1 is 1.55 bits per heavy atom. The first-order valence-electron chi connectivity index (χ1n) is 3.05. The molecule has 0 aliphatic heterocycles. The van der Waals surface area contributed by atoms with Gasteiger partial charge in [0.2, 0.25) is 0 Å². The molecule has 1 atom stereocenters. The molecule has 4 nitrogen and oxygen atoms in total. The predicted molar refractivity (Wildman–Crippen MR) is 38.6 cm³/mol. The number of hydrogen-bond acceptors (Lipinski definition) is 3. The van der Waals surface area contributed by atoms with Crippen LogP contribution in [0.25, 0.3) is 0 Å². The van der Waals surface area contributed by atoms with Gasteiger partial charge < -0.3 is 10.3 Å². The van der Waals surface area contributed by atoms with Crippen LogP contribution in [0.3, 0.4) is 0 Å². The highest BCUT2D eigenvalue weighted by Crippen LogP contribution is 2.08. The summed E-state index contributed by atoms with van der Waals surface area (Å²) >= 11 is 0. The number of carboxylic acids is 1. The van der Waals surface area contributed by atoms with E-state index in [2.05, 4.69) is 5.16 Å². The minimum Gasteiger partial charge on any atom is -0.481 e. The number of carbonyl (C=O) groups is 1. The van der Waals surface area contributed by atoms with Crippen LogP contribution in [0.2, 0.25) is 0 Å². The summed E-state index contributed by atoms with van der Waals surface area (Å²) < 4.78 is 0. The lowest BCUT2D eigenvalue weighted by Crippen LogP contribution is -2.21. The lowest BCUT2D eigenvalue weighted by atomic mass is 9.99. The molecule has 0 amide bonds. The quantitative estimate of drug-likeness (QED) is 0.429. The molecule has 0 aromatic heterocycles. The normalized spacial score (nSPS) is 25.8. The zero-order chi connectivity index (χ0) is 8.27. The number of carboxylic acid groups (broad SMARTS) is 1. The molecule has 0 radical (unpaired) electrons. The molecule has 1 aliphatic carbocycles. The third-order valence-corrected chi connectivity index (χ3v) is 1.38. The van der Waals surface area contributed by atoms with E-state index in [1.165, 1.54) is 12.2 Å². The lowest BCUT2D eigenvalue weighted by Gasteiger charge is -2.07. The minimum atomic E-state index is -1.02. The van der Waals surface area contributed by atoms with E-state index in [1.54, 1.807) is 12.2 Å².